The Bertz CT molecular complexity index is 740. The normalized spacial score (nSPS) is 12.3. The van der Waals surface area contributed by atoms with Crippen molar-refractivity contribution in [1.82, 2.24) is 9.97 Å². The molecule has 1 N–H and O–H groups in total. The van der Waals surface area contributed by atoms with Crippen LogP contribution in [-0.2, 0) is 0 Å². The molecule has 0 aliphatic heterocycles. The summed E-state index contributed by atoms with van der Waals surface area (Å²) < 4.78 is 39.7. The Morgan fingerprint density at radius 1 is 1.26 bits per heavy atom. The molecule has 0 amide bonds. The van der Waals surface area contributed by atoms with Crippen LogP contribution in [0.1, 0.15) is 46.7 Å². The van der Waals surface area contributed by atoms with Crippen LogP contribution in [0.2, 0.25) is 5.15 Å². The van der Waals surface area contributed by atoms with Gasteiger partial charge >= 0.3 is 0 Å². The lowest BCUT2D eigenvalue weighted by Gasteiger charge is -2.18. The fraction of sp³-hybridized carbons (Fsp3) is 0.267. The first-order valence-electron chi connectivity index (χ1n) is 6.67. The van der Waals surface area contributed by atoms with Gasteiger partial charge in [-0.25, -0.2) is 23.1 Å². The number of rotatable bonds is 5. The first-order chi connectivity index (χ1) is 10.8. The summed E-state index contributed by atoms with van der Waals surface area (Å²) in [5, 5.41) is 2.78. The first kappa shape index (κ1) is 17.2. The van der Waals surface area contributed by atoms with Gasteiger partial charge in [-0.05, 0) is 13.8 Å². The molecular weight excluding hydrogens is 331 g/mol. The van der Waals surface area contributed by atoms with Crippen LogP contribution in [0.25, 0.3) is 0 Å². The zero-order valence-electron chi connectivity index (χ0n) is 12.3. The Morgan fingerprint density at radius 2 is 1.91 bits per heavy atom. The van der Waals surface area contributed by atoms with Crippen molar-refractivity contribution in [3.8, 4) is 0 Å². The van der Waals surface area contributed by atoms with Crippen molar-refractivity contribution in [3.63, 3.8) is 0 Å². The van der Waals surface area contributed by atoms with Crippen molar-refractivity contribution >= 4 is 23.7 Å². The van der Waals surface area contributed by atoms with Gasteiger partial charge in [-0.15, -0.1) is 0 Å². The Balaban J connectivity index is 2.39. The maximum atomic E-state index is 14.2. The van der Waals surface area contributed by atoms with Gasteiger partial charge in [0.15, 0.2) is 6.29 Å². The van der Waals surface area contributed by atoms with Gasteiger partial charge in [0.05, 0.1) is 17.2 Å². The van der Waals surface area contributed by atoms with E-state index in [0.29, 0.717) is 12.1 Å². The largest absolute Gasteiger partial charge is 0.363 e. The number of nitrogens with one attached hydrogen (secondary N) is 1. The lowest BCUT2D eigenvalue weighted by molar-refractivity contribution is 0.112. The number of hydrogen-bond acceptors (Lipinski definition) is 4. The fourth-order valence-electron chi connectivity index (χ4n) is 2.12. The molecule has 1 aromatic carbocycles. The zero-order chi connectivity index (χ0) is 17.1. The van der Waals surface area contributed by atoms with Crippen LogP contribution in [0.3, 0.4) is 0 Å². The Hall–Kier alpha value is -2.15. The fourth-order valence-corrected chi connectivity index (χ4v) is 2.37. The third-order valence-corrected chi connectivity index (χ3v) is 3.53. The van der Waals surface area contributed by atoms with E-state index in [9.17, 15) is 18.0 Å². The van der Waals surface area contributed by atoms with Crippen molar-refractivity contribution < 1.29 is 18.0 Å². The van der Waals surface area contributed by atoms with E-state index in [1.165, 1.54) is 12.1 Å². The van der Waals surface area contributed by atoms with Gasteiger partial charge in [0.1, 0.15) is 22.6 Å². The quantitative estimate of drug-likeness (QED) is 0.641. The Morgan fingerprint density at radius 3 is 2.52 bits per heavy atom. The molecule has 4 nitrogen and oxygen atoms in total. The standard InChI is InChI=1S/C15H13ClF3N3O/c1-7(9-4-3-5-10(12(9)17)14(18)19)20-15-11(6-23)13(16)21-8(2)22-15/h3-7,14H,1-2H3,(H,20,21,22). The SMILES string of the molecule is Cc1nc(Cl)c(C=O)c(NC(C)c2cccc(C(F)F)c2F)n1. The molecule has 8 heteroatoms. The van der Waals surface area contributed by atoms with Gasteiger partial charge in [-0.2, -0.15) is 0 Å². The van der Waals surface area contributed by atoms with Crippen molar-refractivity contribution in [2.24, 2.45) is 0 Å². The number of aryl methyl sites for hydroxylation is 1. The third-order valence-electron chi connectivity index (χ3n) is 3.24. The van der Waals surface area contributed by atoms with Crippen LogP contribution in [0.4, 0.5) is 19.0 Å². The van der Waals surface area contributed by atoms with Crippen molar-refractivity contribution in [1.29, 1.82) is 0 Å². The molecule has 0 bridgehead atoms. The number of halogens is 4. The minimum absolute atomic E-state index is 0.0227. The molecule has 0 saturated carbocycles. The van der Waals surface area contributed by atoms with E-state index in [2.05, 4.69) is 15.3 Å². The maximum absolute atomic E-state index is 14.2. The van der Waals surface area contributed by atoms with Crippen molar-refractivity contribution in [2.75, 3.05) is 5.32 Å². The molecule has 0 spiro atoms. The summed E-state index contributed by atoms with van der Waals surface area (Å²) in [6, 6.07) is 3.04. The van der Waals surface area contributed by atoms with E-state index in [4.69, 9.17) is 11.6 Å². The van der Waals surface area contributed by atoms with Crippen LogP contribution in [-0.4, -0.2) is 16.3 Å². The van der Waals surface area contributed by atoms with E-state index in [1.54, 1.807) is 13.8 Å². The molecule has 1 unspecified atom stereocenters. The molecule has 1 heterocycles. The summed E-state index contributed by atoms with van der Waals surface area (Å²) in [6.45, 7) is 3.14. The number of carbonyl (C=O) groups excluding carboxylic acids is 1. The van der Waals surface area contributed by atoms with Crippen molar-refractivity contribution in [3.05, 3.63) is 51.7 Å². The average Bonchev–Trinajstić information content (AvgIpc) is 2.46. The highest BCUT2D eigenvalue weighted by Gasteiger charge is 2.21. The number of aromatic nitrogens is 2. The zero-order valence-corrected chi connectivity index (χ0v) is 13.0. The molecule has 0 aliphatic carbocycles. The van der Waals surface area contributed by atoms with E-state index >= 15 is 0 Å². The molecule has 0 aliphatic rings. The molecule has 1 aromatic heterocycles. The molecule has 0 saturated heterocycles. The smallest absolute Gasteiger partial charge is 0.266 e. The average molecular weight is 344 g/mol. The Kier molecular flexibility index (Phi) is 5.20. The second-order valence-corrected chi connectivity index (χ2v) is 5.22. The van der Waals surface area contributed by atoms with Crippen molar-refractivity contribution in [2.45, 2.75) is 26.3 Å². The molecule has 1 atom stereocenters. The van der Waals surface area contributed by atoms with Gasteiger partial charge in [0, 0.05) is 5.56 Å². The topological polar surface area (TPSA) is 54.9 Å². The van der Waals surface area contributed by atoms with E-state index < -0.39 is 23.8 Å². The summed E-state index contributed by atoms with van der Waals surface area (Å²) in [7, 11) is 0. The number of aldehydes is 1. The predicted octanol–water partition coefficient (Wildman–Crippen LogP) is 4.50. The van der Waals surface area contributed by atoms with Gasteiger partial charge in [-0.3, -0.25) is 4.79 Å². The molecule has 2 aromatic rings. The summed E-state index contributed by atoms with van der Waals surface area (Å²) in [5.41, 5.74) is -0.620. The molecule has 0 fully saturated rings. The number of hydrogen-bond donors (Lipinski definition) is 1. The monoisotopic (exact) mass is 343 g/mol. The Labute approximate surface area is 135 Å². The molecule has 0 radical (unpaired) electrons. The molecule has 23 heavy (non-hydrogen) atoms. The predicted molar refractivity (Wildman–Crippen MR) is 80.6 cm³/mol. The van der Waals surface area contributed by atoms with Crippen LogP contribution < -0.4 is 5.32 Å². The van der Waals surface area contributed by atoms with Crippen LogP contribution >= 0.6 is 11.6 Å². The van der Waals surface area contributed by atoms with Gasteiger partial charge < -0.3 is 5.32 Å². The highest BCUT2D eigenvalue weighted by Crippen LogP contribution is 2.29. The van der Waals surface area contributed by atoms with E-state index in [1.807, 2.05) is 0 Å². The number of anilines is 1. The number of alkyl halides is 2. The molecule has 122 valence electrons. The van der Waals surface area contributed by atoms with Gasteiger partial charge in [0.25, 0.3) is 6.43 Å². The second-order valence-electron chi connectivity index (χ2n) is 4.86. The maximum Gasteiger partial charge on any atom is 0.266 e. The second kappa shape index (κ2) is 6.95. The lowest BCUT2D eigenvalue weighted by atomic mass is 10.0. The third kappa shape index (κ3) is 3.61. The number of carbonyl (C=O) groups is 1. The summed E-state index contributed by atoms with van der Waals surface area (Å²) in [5.74, 6) is -0.559. The first-order valence-corrected chi connectivity index (χ1v) is 7.05. The summed E-state index contributed by atoms with van der Waals surface area (Å²) in [6.07, 6.45) is -2.44. The molecular formula is C15H13ClF3N3O. The molecule has 2 rings (SSSR count). The summed E-state index contributed by atoms with van der Waals surface area (Å²) in [4.78, 5) is 19.0. The van der Waals surface area contributed by atoms with E-state index in [0.717, 1.165) is 6.07 Å². The lowest BCUT2D eigenvalue weighted by Crippen LogP contribution is -2.14. The highest BCUT2D eigenvalue weighted by molar-refractivity contribution is 6.32. The number of nitrogens with zero attached hydrogens (tertiary/aromatic N) is 2. The minimum atomic E-state index is -2.91. The van der Waals surface area contributed by atoms with Crippen LogP contribution in [0, 0.1) is 12.7 Å². The van der Waals surface area contributed by atoms with Crippen LogP contribution in [0.15, 0.2) is 18.2 Å². The summed E-state index contributed by atoms with van der Waals surface area (Å²) >= 11 is 5.87. The van der Waals surface area contributed by atoms with Crippen LogP contribution in [0.5, 0.6) is 0 Å². The highest BCUT2D eigenvalue weighted by atomic mass is 35.5. The van der Waals surface area contributed by atoms with Gasteiger partial charge in [0.2, 0.25) is 0 Å². The van der Waals surface area contributed by atoms with E-state index in [-0.39, 0.29) is 22.1 Å². The van der Waals surface area contributed by atoms with Gasteiger partial charge in [-0.1, -0.05) is 29.8 Å². The number of benzene rings is 1. The minimum Gasteiger partial charge on any atom is -0.363 e.